The van der Waals surface area contributed by atoms with Gasteiger partial charge in [-0.25, -0.2) is 4.98 Å². The van der Waals surface area contributed by atoms with Crippen LogP contribution in [0.5, 0.6) is 0 Å². The number of amides is 1. The molecular weight excluding hydrogens is 314 g/mol. The number of aryl methyl sites for hydroxylation is 2. The first-order chi connectivity index (χ1) is 11.0. The quantitative estimate of drug-likeness (QED) is 0.806. The molecule has 7 heteroatoms. The molecule has 6 nitrogen and oxygen atoms in total. The van der Waals surface area contributed by atoms with E-state index in [1.54, 1.807) is 0 Å². The molecule has 1 amide bonds. The van der Waals surface area contributed by atoms with Crippen LogP contribution in [-0.4, -0.2) is 77.8 Å². The van der Waals surface area contributed by atoms with Crippen LogP contribution in [-0.2, 0) is 11.2 Å². The normalized spacial score (nSPS) is 17.5. The van der Waals surface area contributed by atoms with Gasteiger partial charge in [-0.3, -0.25) is 9.69 Å². The molecule has 0 bridgehead atoms. The Morgan fingerprint density at radius 2 is 2.04 bits per heavy atom. The molecule has 0 saturated carbocycles. The van der Waals surface area contributed by atoms with Gasteiger partial charge in [0.2, 0.25) is 0 Å². The summed E-state index contributed by atoms with van der Waals surface area (Å²) >= 11 is 1.51. The van der Waals surface area contributed by atoms with E-state index in [1.165, 1.54) is 11.3 Å². The summed E-state index contributed by atoms with van der Waals surface area (Å²) < 4.78 is 5.23. The van der Waals surface area contributed by atoms with E-state index >= 15 is 0 Å². The number of ether oxygens (including phenoxy) is 1. The van der Waals surface area contributed by atoms with E-state index in [-0.39, 0.29) is 5.91 Å². The SMILES string of the molecule is CCOC[C@@H](O)CN1CCN(C(=O)c2sc(CC)nc2C)CC1. The van der Waals surface area contributed by atoms with Gasteiger partial charge < -0.3 is 14.7 Å². The first-order valence-electron chi connectivity index (χ1n) is 8.28. The lowest BCUT2D eigenvalue weighted by atomic mass is 10.2. The largest absolute Gasteiger partial charge is 0.389 e. The highest BCUT2D eigenvalue weighted by molar-refractivity contribution is 7.13. The van der Waals surface area contributed by atoms with Crippen LogP contribution in [0, 0.1) is 6.92 Å². The number of nitrogens with zero attached hydrogens (tertiary/aromatic N) is 3. The van der Waals surface area contributed by atoms with Crippen LogP contribution in [0.15, 0.2) is 0 Å². The molecule has 0 aromatic carbocycles. The van der Waals surface area contributed by atoms with Crippen LogP contribution < -0.4 is 0 Å². The van der Waals surface area contributed by atoms with Crippen LogP contribution in [0.1, 0.15) is 34.2 Å². The summed E-state index contributed by atoms with van der Waals surface area (Å²) in [4.78, 5) is 21.9. The zero-order chi connectivity index (χ0) is 16.8. The number of aromatic nitrogens is 1. The molecule has 1 aliphatic rings. The second-order valence-electron chi connectivity index (χ2n) is 5.78. The molecule has 2 rings (SSSR count). The molecule has 0 radical (unpaired) electrons. The van der Waals surface area contributed by atoms with Crippen molar-refractivity contribution < 1.29 is 14.6 Å². The molecule has 23 heavy (non-hydrogen) atoms. The van der Waals surface area contributed by atoms with Crippen molar-refractivity contribution >= 4 is 17.2 Å². The molecule has 1 N–H and O–H groups in total. The van der Waals surface area contributed by atoms with Gasteiger partial charge in [0.25, 0.3) is 5.91 Å². The monoisotopic (exact) mass is 341 g/mol. The van der Waals surface area contributed by atoms with Crippen molar-refractivity contribution in [1.29, 1.82) is 0 Å². The first-order valence-corrected chi connectivity index (χ1v) is 9.10. The van der Waals surface area contributed by atoms with Crippen molar-refractivity contribution in [2.45, 2.75) is 33.3 Å². The molecule has 1 aromatic heterocycles. The Hall–Kier alpha value is -1.02. The maximum absolute atomic E-state index is 12.6. The standard InChI is InChI=1S/C16H27N3O3S/c1-4-14-17-12(3)15(23-14)16(21)19-8-6-18(7-9-19)10-13(20)11-22-5-2/h13,20H,4-11H2,1-3H3/t13-/m0/s1. The number of aliphatic hydroxyl groups is 1. The Bertz CT molecular complexity index is 513. The summed E-state index contributed by atoms with van der Waals surface area (Å²) in [5.41, 5.74) is 0.839. The Balaban J connectivity index is 1.83. The minimum atomic E-state index is -0.465. The van der Waals surface area contributed by atoms with Crippen molar-refractivity contribution in [1.82, 2.24) is 14.8 Å². The predicted octanol–water partition coefficient (Wildman–Crippen LogP) is 1.17. The van der Waals surface area contributed by atoms with Crippen LogP contribution in [0.4, 0.5) is 0 Å². The van der Waals surface area contributed by atoms with Gasteiger partial charge in [0, 0.05) is 39.3 Å². The third kappa shape index (κ3) is 4.97. The van der Waals surface area contributed by atoms with Crippen LogP contribution in [0.25, 0.3) is 0 Å². The van der Waals surface area contributed by atoms with Gasteiger partial charge in [-0.2, -0.15) is 0 Å². The van der Waals surface area contributed by atoms with Gasteiger partial charge in [-0.05, 0) is 20.3 Å². The first kappa shape index (κ1) is 18.3. The zero-order valence-corrected chi connectivity index (χ0v) is 15.1. The van der Waals surface area contributed by atoms with Gasteiger partial charge in [0.05, 0.1) is 23.4 Å². The summed E-state index contributed by atoms with van der Waals surface area (Å²) in [6, 6.07) is 0. The highest BCUT2D eigenvalue weighted by Crippen LogP contribution is 2.21. The zero-order valence-electron chi connectivity index (χ0n) is 14.2. The predicted molar refractivity (Wildman–Crippen MR) is 91.1 cm³/mol. The fraction of sp³-hybridized carbons (Fsp3) is 0.750. The number of aliphatic hydroxyl groups excluding tert-OH is 1. The molecule has 1 aromatic rings. The van der Waals surface area contributed by atoms with E-state index in [0.717, 1.165) is 35.1 Å². The average Bonchev–Trinajstić information content (AvgIpc) is 2.94. The van der Waals surface area contributed by atoms with Gasteiger partial charge in [-0.1, -0.05) is 6.92 Å². The van der Waals surface area contributed by atoms with Gasteiger partial charge in [0.15, 0.2) is 0 Å². The fourth-order valence-corrected chi connectivity index (χ4v) is 3.66. The molecule has 130 valence electrons. The minimum absolute atomic E-state index is 0.0919. The van der Waals surface area contributed by atoms with Crippen molar-refractivity contribution in [3.8, 4) is 0 Å². The fourth-order valence-electron chi connectivity index (χ4n) is 2.68. The second-order valence-corrected chi connectivity index (χ2v) is 6.87. The number of piperazine rings is 1. The number of thiazole rings is 1. The summed E-state index contributed by atoms with van der Waals surface area (Å²) in [7, 11) is 0. The molecule has 0 spiro atoms. The van der Waals surface area contributed by atoms with E-state index in [4.69, 9.17) is 4.74 Å². The number of β-amino-alcohol motifs (C(OH)–C–C–N with tert-alkyl or cyclic N) is 1. The summed E-state index contributed by atoms with van der Waals surface area (Å²) in [5.74, 6) is 0.0919. The molecule has 1 atom stereocenters. The number of hydrogen-bond acceptors (Lipinski definition) is 6. The van der Waals surface area contributed by atoms with E-state index in [1.807, 2.05) is 18.7 Å². The summed E-state index contributed by atoms with van der Waals surface area (Å²) in [6.45, 7) is 10.4. The average molecular weight is 341 g/mol. The van der Waals surface area contributed by atoms with Gasteiger partial charge >= 0.3 is 0 Å². The number of hydrogen-bond donors (Lipinski definition) is 1. The highest BCUT2D eigenvalue weighted by Gasteiger charge is 2.26. The maximum atomic E-state index is 12.6. The molecular formula is C16H27N3O3S. The molecule has 1 aliphatic heterocycles. The van der Waals surface area contributed by atoms with Crippen molar-refractivity contribution in [3.63, 3.8) is 0 Å². The van der Waals surface area contributed by atoms with E-state index in [0.29, 0.717) is 32.8 Å². The minimum Gasteiger partial charge on any atom is -0.389 e. The molecule has 0 unspecified atom stereocenters. The second kappa shape index (κ2) is 8.73. The number of rotatable bonds is 7. The van der Waals surface area contributed by atoms with Crippen molar-refractivity contribution in [3.05, 3.63) is 15.6 Å². The lowest BCUT2D eigenvalue weighted by Crippen LogP contribution is -2.50. The topological polar surface area (TPSA) is 65.9 Å². The Morgan fingerprint density at radius 1 is 1.35 bits per heavy atom. The van der Waals surface area contributed by atoms with Crippen molar-refractivity contribution in [2.75, 3.05) is 45.9 Å². The van der Waals surface area contributed by atoms with Crippen LogP contribution >= 0.6 is 11.3 Å². The third-order valence-electron chi connectivity index (χ3n) is 3.98. The Kier molecular flexibility index (Phi) is 6.95. The maximum Gasteiger partial charge on any atom is 0.265 e. The highest BCUT2D eigenvalue weighted by atomic mass is 32.1. The lowest BCUT2D eigenvalue weighted by Gasteiger charge is -2.35. The van der Waals surface area contributed by atoms with E-state index in [2.05, 4.69) is 16.8 Å². The molecule has 0 aliphatic carbocycles. The Labute approximate surface area is 142 Å². The third-order valence-corrected chi connectivity index (χ3v) is 5.27. The van der Waals surface area contributed by atoms with Gasteiger partial charge in [-0.15, -0.1) is 11.3 Å². The summed E-state index contributed by atoms with van der Waals surface area (Å²) in [6.07, 6.45) is 0.401. The molecule has 1 saturated heterocycles. The lowest BCUT2D eigenvalue weighted by molar-refractivity contribution is 0.0112. The summed E-state index contributed by atoms with van der Waals surface area (Å²) in [5, 5.41) is 10.9. The van der Waals surface area contributed by atoms with Crippen LogP contribution in [0.3, 0.4) is 0 Å². The van der Waals surface area contributed by atoms with Gasteiger partial charge in [0.1, 0.15) is 4.88 Å². The Morgan fingerprint density at radius 3 is 2.61 bits per heavy atom. The van der Waals surface area contributed by atoms with E-state index in [9.17, 15) is 9.90 Å². The van der Waals surface area contributed by atoms with Crippen molar-refractivity contribution in [2.24, 2.45) is 0 Å². The van der Waals surface area contributed by atoms with Crippen LogP contribution in [0.2, 0.25) is 0 Å². The molecule has 1 fully saturated rings. The molecule has 2 heterocycles. The van der Waals surface area contributed by atoms with E-state index < -0.39 is 6.10 Å². The smallest absolute Gasteiger partial charge is 0.265 e. The number of carbonyl (C=O) groups is 1. The number of carbonyl (C=O) groups excluding carboxylic acids is 1.